The Bertz CT molecular complexity index is 618. The molecular weight excluding hydrogens is 296 g/mol. The molecule has 5 aliphatic rings. The average molecular weight is 318 g/mol. The fraction of sp³-hybridized carbons (Fsp3) is 0.812. The van der Waals surface area contributed by atoms with Crippen LogP contribution >= 0.6 is 0 Å². The quantitative estimate of drug-likeness (QED) is 0.837. The number of fused-ring (bicyclic) bond motifs is 1. The lowest BCUT2D eigenvalue weighted by atomic mass is 9.32. The van der Waals surface area contributed by atoms with Gasteiger partial charge in [0.05, 0.1) is 17.5 Å². The van der Waals surface area contributed by atoms with Gasteiger partial charge in [-0.15, -0.1) is 0 Å². The molecule has 1 atom stereocenters. The second-order valence-corrected chi connectivity index (χ2v) is 8.24. The zero-order valence-corrected chi connectivity index (χ0v) is 13.6. The number of hydrogen-bond donors (Lipinski definition) is 1. The van der Waals surface area contributed by atoms with Crippen molar-refractivity contribution in [1.82, 2.24) is 14.7 Å². The highest BCUT2D eigenvalue weighted by Gasteiger charge is 2.76. The highest BCUT2D eigenvalue weighted by Crippen LogP contribution is 2.76. The molecule has 0 aromatic heterocycles. The molecule has 0 unspecified atom stereocenters. The van der Waals surface area contributed by atoms with Crippen LogP contribution in [0, 0.1) is 22.2 Å². The third-order valence-corrected chi connectivity index (χ3v) is 6.80. The third-order valence-electron chi connectivity index (χ3n) is 6.80. The van der Waals surface area contributed by atoms with Crippen LogP contribution in [0.1, 0.15) is 33.1 Å². The van der Waals surface area contributed by atoms with E-state index in [0.29, 0.717) is 26.2 Å². The average Bonchev–Trinajstić information content (AvgIpc) is 2.72. The van der Waals surface area contributed by atoms with E-state index in [-0.39, 0.29) is 28.4 Å². The number of hydrogen-bond acceptors (Lipinski definition) is 3. The van der Waals surface area contributed by atoms with Gasteiger partial charge in [-0.3, -0.25) is 0 Å². The molecule has 7 nitrogen and oxygen atoms in total. The van der Waals surface area contributed by atoms with E-state index in [4.69, 9.17) is 5.11 Å². The van der Waals surface area contributed by atoms with E-state index in [1.54, 1.807) is 0 Å². The molecule has 2 saturated heterocycles. The van der Waals surface area contributed by atoms with E-state index in [0.717, 1.165) is 19.3 Å². The molecule has 3 amide bonds. The van der Waals surface area contributed by atoms with Crippen molar-refractivity contribution in [3.63, 3.8) is 0 Å². The maximum Gasteiger partial charge on any atom is 0.407 e. The van der Waals surface area contributed by atoms with Crippen molar-refractivity contribution in [3.05, 3.63) is 0 Å². The first-order chi connectivity index (χ1) is 10.7. The standard InChI is InChI=1S/C16H22N4O3/c1-14(2,10-17)15-7-16(8-15,9-15)20-6-11-5-18(13(22)23)3-4-19(11)12(20)21/h11H,3-9H2,1-2H3,(H,22,23)/t11-,15?,16?/m0/s1. The number of carbonyl (C=O) groups is 2. The molecule has 0 spiro atoms. The summed E-state index contributed by atoms with van der Waals surface area (Å²) in [5.74, 6) is 0. The number of nitriles is 1. The van der Waals surface area contributed by atoms with Gasteiger partial charge in [0, 0.05) is 31.7 Å². The Balaban J connectivity index is 1.47. The Morgan fingerprint density at radius 2 is 1.96 bits per heavy atom. The minimum Gasteiger partial charge on any atom is -0.465 e. The van der Waals surface area contributed by atoms with Crippen LogP contribution in [0.2, 0.25) is 0 Å². The van der Waals surface area contributed by atoms with E-state index in [1.165, 1.54) is 4.90 Å². The van der Waals surface area contributed by atoms with Gasteiger partial charge in [0.15, 0.2) is 0 Å². The lowest BCUT2D eigenvalue weighted by molar-refractivity contribution is -0.241. The van der Waals surface area contributed by atoms with Crippen LogP contribution in [0.4, 0.5) is 9.59 Å². The first-order valence-corrected chi connectivity index (χ1v) is 8.21. The molecule has 3 aliphatic carbocycles. The van der Waals surface area contributed by atoms with Gasteiger partial charge in [-0.25, -0.2) is 9.59 Å². The molecule has 2 heterocycles. The van der Waals surface area contributed by atoms with E-state index in [2.05, 4.69) is 6.07 Å². The Morgan fingerprint density at radius 1 is 1.30 bits per heavy atom. The summed E-state index contributed by atoms with van der Waals surface area (Å²) in [7, 11) is 0. The molecule has 3 saturated carbocycles. The predicted molar refractivity (Wildman–Crippen MR) is 80.6 cm³/mol. The van der Waals surface area contributed by atoms with Crippen molar-refractivity contribution < 1.29 is 14.7 Å². The maximum absolute atomic E-state index is 12.7. The lowest BCUT2D eigenvalue weighted by Gasteiger charge is -2.76. The van der Waals surface area contributed by atoms with E-state index < -0.39 is 6.09 Å². The van der Waals surface area contributed by atoms with Gasteiger partial charge >= 0.3 is 12.1 Å². The number of amides is 3. The fourth-order valence-corrected chi connectivity index (χ4v) is 5.08. The summed E-state index contributed by atoms with van der Waals surface area (Å²) in [6.45, 7) is 5.89. The molecule has 2 bridgehead atoms. The molecule has 0 aromatic carbocycles. The van der Waals surface area contributed by atoms with Gasteiger partial charge in [0.1, 0.15) is 0 Å². The topological polar surface area (TPSA) is 87.9 Å². The van der Waals surface area contributed by atoms with E-state index in [1.807, 2.05) is 23.6 Å². The monoisotopic (exact) mass is 318 g/mol. The Labute approximate surface area is 135 Å². The SMILES string of the molecule is CC(C)(C#N)C12CC(N3C[C@@H]4CN(C(=O)O)CCN4C3=O)(C1)C2. The molecule has 7 heteroatoms. The van der Waals surface area contributed by atoms with Crippen molar-refractivity contribution >= 4 is 12.1 Å². The summed E-state index contributed by atoms with van der Waals surface area (Å²) >= 11 is 0. The van der Waals surface area contributed by atoms with E-state index in [9.17, 15) is 14.9 Å². The summed E-state index contributed by atoms with van der Waals surface area (Å²) in [6, 6.07) is 2.45. The predicted octanol–water partition coefficient (Wildman–Crippen LogP) is 1.56. The number of carbonyl (C=O) groups excluding carboxylic acids is 1. The van der Waals surface area contributed by atoms with Crippen molar-refractivity contribution in [2.75, 3.05) is 26.2 Å². The minimum absolute atomic E-state index is 0.0266. The summed E-state index contributed by atoms with van der Waals surface area (Å²) in [5, 5.41) is 18.5. The largest absolute Gasteiger partial charge is 0.465 e. The Kier molecular flexibility index (Phi) is 2.61. The molecule has 23 heavy (non-hydrogen) atoms. The number of urea groups is 1. The molecule has 0 aromatic rings. The summed E-state index contributed by atoms with van der Waals surface area (Å²) in [6.07, 6.45) is 1.83. The second kappa shape index (κ2) is 4.11. The van der Waals surface area contributed by atoms with Gasteiger partial charge in [-0.2, -0.15) is 5.26 Å². The van der Waals surface area contributed by atoms with Gasteiger partial charge in [-0.05, 0) is 38.5 Å². The summed E-state index contributed by atoms with van der Waals surface area (Å²) in [4.78, 5) is 29.1. The second-order valence-electron chi connectivity index (χ2n) is 8.24. The zero-order valence-electron chi connectivity index (χ0n) is 13.6. The number of nitrogens with zero attached hydrogens (tertiary/aromatic N) is 4. The third kappa shape index (κ3) is 1.64. The molecule has 5 fully saturated rings. The number of carboxylic acid groups (broad SMARTS) is 1. The number of piperazine rings is 1. The Hall–Kier alpha value is -1.97. The van der Waals surface area contributed by atoms with Crippen molar-refractivity contribution in [2.45, 2.75) is 44.7 Å². The van der Waals surface area contributed by atoms with Crippen LogP contribution in [0.5, 0.6) is 0 Å². The highest BCUT2D eigenvalue weighted by atomic mass is 16.4. The van der Waals surface area contributed by atoms with Crippen LogP contribution < -0.4 is 0 Å². The number of rotatable bonds is 2. The van der Waals surface area contributed by atoms with Crippen LogP contribution in [-0.4, -0.2) is 69.7 Å². The van der Waals surface area contributed by atoms with Crippen LogP contribution in [0.3, 0.4) is 0 Å². The molecule has 5 rings (SSSR count). The van der Waals surface area contributed by atoms with Crippen LogP contribution in [0.15, 0.2) is 0 Å². The van der Waals surface area contributed by atoms with Gasteiger partial charge in [0.25, 0.3) is 0 Å². The molecule has 124 valence electrons. The first kappa shape index (κ1) is 14.6. The smallest absolute Gasteiger partial charge is 0.407 e. The Morgan fingerprint density at radius 3 is 2.52 bits per heavy atom. The van der Waals surface area contributed by atoms with Crippen molar-refractivity contribution in [3.8, 4) is 6.07 Å². The molecule has 2 aliphatic heterocycles. The minimum atomic E-state index is -0.907. The van der Waals surface area contributed by atoms with Crippen molar-refractivity contribution in [1.29, 1.82) is 5.26 Å². The van der Waals surface area contributed by atoms with Crippen LogP contribution in [-0.2, 0) is 0 Å². The molecule has 1 N–H and O–H groups in total. The molecular formula is C16H22N4O3. The highest BCUT2D eigenvalue weighted by molar-refractivity contribution is 5.79. The molecule has 0 radical (unpaired) electrons. The van der Waals surface area contributed by atoms with Crippen LogP contribution in [0.25, 0.3) is 0 Å². The van der Waals surface area contributed by atoms with Crippen molar-refractivity contribution in [2.24, 2.45) is 10.8 Å². The lowest BCUT2D eigenvalue weighted by Crippen LogP contribution is -2.78. The first-order valence-electron chi connectivity index (χ1n) is 8.21. The summed E-state index contributed by atoms with van der Waals surface area (Å²) < 4.78 is 0. The normalized spacial score (nSPS) is 38.6. The van der Waals surface area contributed by atoms with Gasteiger partial charge in [0.2, 0.25) is 0 Å². The fourth-order valence-electron chi connectivity index (χ4n) is 5.08. The van der Waals surface area contributed by atoms with Gasteiger partial charge in [-0.1, -0.05) is 0 Å². The van der Waals surface area contributed by atoms with E-state index >= 15 is 0 Å². The zero-order chi connectivity index (χ0) is 16.6. The maximum atomic E-state index is 12.7. The van der Waals surface area contributed by atoms with Gasteiger partial charge < -0.3 is 19.8 Å². The summed E-state index contributed by atoms with van der Waals surface area (Å²) in [5.41, 5.74) is -0.348.